The fraction of sp³-hybridized carbons (Fsp3) is 0.147. The van der Waals surface area contributed by atoms with Gasteiger partial charge in [-0.05, 0) is 79.2 Å². The van der Waals surface area contributed by atoms with Gasteiger partial charge in [-0.25, -0.2) is 0 Å². The lowest BCUT2D eigenvalue weighted by atomic mass is 10.1. The van der Waals surface area contributed by atoms with E-state index in [0.29, 0.717) is 34.1 Å². The summed E-state index contributed by atoms with van der Waals surface area (Å²) in [4.78, 5) is 40.0. The van der Waals surface area contributed by atoms with Crippen LogP contribution in [0.15, 0.2) is 108 Å². The molecule has 4 rings (SSSR count). The van der Waals surface area contributed by atoms with Crippen molar-refractivity contribution in [3.8, 4) is 17.2 Å². The first kappa shape index (κ1) is 31.7. The molecule has 4 aromatic carbocycles. The summed E-state index contributed by atoms with van der Waals surface area (Å²) in [5.74, 6) is 0.0811. The summed E-state index contributed by atoms with van der Waals surface area (Å²) in [6.45, 7) is 1.83. The SMILES string of the molecule is COc1cc(/C=C(\NC(=O)c2ccccc2)C(=O)Nc2ccc(SC(C)C(=O)Nc3ccccc3)cc2)cc(OC)c1OC. The van der Waals surface area contributed by atoms with Gasteiger partial charge in [-0.3, -0.25) is 14.4 Å². The first-order valence-electron chi connectivity index (χ1n) is 13.6. The third kappa shape index (κ3) is 8.42. The van der Waals surface area contributed by atoms with Crippen molar-refractivity contribution in [2.24, 2.45) is 0 Å². The van der Waals surface area contributed by atoms with Crippen molar-refractivity contribution < 1.29 is 28.6 Å². The smallest absolute Gasteiger partial charge is 0.272 e. The van der Waals surface area contributed by atoms with Crippen molar-refractivity contribution in [1.82, 2.24) is 5.32 Å². The lowest BCUT2D eigenvalue weighted by Crippen LogP contribution is -2.30. The molecule has 4 aromatic rings. The molecule has 10 heteroatoms. The van der Waals surface area contributed by atoms with Gasteiger partial charge in [0.05, 0.1) is 26.6 Å². The van der Waals surface area contributed by atoms with Gasteiger partial charge < -0.3 is 30.2 Å². The molecule has 0 bridgehead atoms. The van der Waals surface area contributed by atoms with Crippen LogP contribution in [0.2, 0.25) is 0 Å². The van der Waals surface area contributed by atoms with Crippen molar-refractivity contribution >= 4 is 46.9 Å². The van der Waals surface area contributed by atoms with Crippen molar-refractivity contribution in [2.75, 3.05) is 32.0 Å². The molecule has 226 valence electrons. The third-order valence-corrected chi connectivity index (χ3v) is 7.47. The Kier molecular flexibility index (Phi) is 11.0. The molecule has 44 heavy (non-hydrogen) atoms. The van der Waals surface area contributed by atoms with Crippen LogP contribution >= 0.6 is 11.8 Å². The Morgan fingerprint density at radius 1 is 0.727 bits per heavy atom. The molecule has 0 saturated carbocycles. The zero-order chi connectivity index (χ0) is 31.5. The highest BCUT2D eigenvalue weighted by Crippen LogP contribution is 2.38. The molecule has 0 aliphatic heterocycles. The quantitative estimate of drug-likeness (QED) is 0.128. The van der Waals surface area contributed by atoms with E-state index in [2.05, 4.69) is 16.0 Å². The van der Waals surface area contributed by atoms with Gasteiger partial charge in [0.1, 0.15) is 5.70 Å². The average molecular weight is 612 g/mol. The van der Waals surface area contributed by atoms with Crippen LogP contribution < -0.4 is 30.2 Å². The van der Waals surface area contributed by atoms with E-state index in [1.807, 2.05) is 49.4 Å². The fourth-order valence-corrected chi connectivity index (χ4v) is 5.00. The van der Waals surface area contributed by atoms with Crippen LogP contribution in [0, 0.1) is 0 Å². The number of carbonyl (C=O) groups is 3. The molecule has 0 aliphatic carbocycles. The second-order valence-corrected chi connectivity index (χ2v) is 10.8. The van der Waals surface area contributed by atoms with Gasteiger partial charge in [0, 0.05) is 21.8 Å². The molecule has 0 heterocycles. The van der Waals surface area contributed by atoms with Gasteiger partial charge in [0.2, 0.25) is 11.7 Å². The number of methoxy groups -OCH3 is 3. The van der Waals surface area contributed by atoms with Gasteiger partial charge in [-0.2, -0.15) is 0 Å². The minimum Gasteiger partial charge on any atom is -0.493 e. The zero-order valence-electron chi connectivity index (χ0n) is 24.8. The Hall–Kier alpha value is -5.22. The van der Waals surface area contributed by atoms with E-state index in [1.165, 1.54) is 39.2 Å². The molecule has 9 nitrogen and oxygen atoms in total. The second-order valence-electron chi connectivity index (χ2n) is 9.43. The summed E-state index contributed by atoms with van der Waals surface area (Å²) in [7, 11) is 4.49. The average Bonchev–Trinajstić information content (AvgIpc) is 3.05. The highest BCUT2D eigenvalue weighted by molar-refractivity contribution is 8.00. The Morgan fingerprint density at radius 3 is 1.86 bits per heavy atom. The minimum absolute atomic E-state index is 0.00205. The van der Waals surface area contributed by atoms with Crippen LogP contribution in [0.1, 0.15) is 22.8 Å². The third-order valence-electron chi connectivity index (χ3n) is 6.36. The number of nitrogens with one attached hydrogen (secondary N) is 3. The molecule has 1 unspecified atom stereocenters. The number of para-hydroxylation sites is 1. The standard InChI is InChI=1S/C34H33N3O6S/c1-22(32(38)35-25-13-9-6-10-14-25)44-27-17-15-26(16-18-27)36-34(40)28(37-33(39)24-11-7-5-8-12-24)19-23-20-29(41-2)31(43-4)30(21-23)42-3/h5-22H,1-4H3,(H,35,38)(H,36,40)(H,37,39)/b28-19-. The highest BCUT2D eigenvalue weighted by atomic mass is 32.2. The van der Waals surface area contributed by atoms with E-state index in [4.69, 9.17) is 14.2 Å². The summed E-state index contributed by atoms with van der Waals surface area (Å²) >= 11 is 1.40. The van der Waals surface area contributed by atoms with Crippen molar-refractivity contribution in [3.63, 3.8) is 0 Å². The number of anilines is 2. The van der Waals surface area contributed by atoms with Gasteiger partial charge in [0.15, 0.2) is 11.5 Å². The largest absolute Gasteiger partial charge is 0.493 e. The number of ether oxygens (including phenoxy) is 3. The van der Waals surface area contributed by atoms with Gasteiger partial charge in [0.25, 0.3) is 11.8 Å². The van der Waals surface area contributed by atoms with E-state index >= 15 is 0 Å². The molecule has 0 radical (unpaired) electrons. The molecule has 0 saturated heterocycles. The van der Waals surface area contributed by atoms with E-state index in [-0.39, 0.29) is 16.9 Å². The van der Waals surface area contributed by atoms with Crippen LogP contribution in [0.4, 0.5) is 11.4 Å². The number of hydrogen-bond donors (Lipinski definition) is 3. The van der Waals surface area contributed by atoms with Crippen molar-refractivity contribution in [1.29, 1.82) is 0 Å². The first-order chi connectivity index (χ1) is 21.3. The number of amides is 3. The van der Waals surface area contributed by atoms with Gasteiger partial charge in [-0.15, -0.1) is 11.8 Å². The summed E-state index contributed by atoms with van der Waals surface area (Å²) in [6, 6.07) is 28.3. The van der Waals surface area contributed by atoms with E-state index < -0.39 is 11.8 Å². The Labute approximate surface area is 260 Å². The summed E-state index contributed by atoms with van der Waals surface area (Å²) in [5.41, 5.74) is 2.16. The lowest BCUT2D eigenvalue weighted by molar-refractivity contribution is -0.115. The zero-order valence-corrected chi connectivity index (χ0v) is 25.6. The molecule has 3 amide bonds. The summed E-state index contributed by atoms with van der Waals surface area (Å²) in [5, 5.41) is 8.11. The maximum absolute atomic E-state index is 13.5. The number of benzene rings is 4. The molecule has 0 aromatic heterocycles. The maximum atomic E-state index is 13.5. The van der Waals surface area contributed by atoms with Crippen LogP contribution in [-0.4, -0.2) is 44.3 Å². The van der Waals surface area contributed by atoms with Crippen LogP contribution in [-0.2, 0) is 9.59 Å². The monoisotopic (exact) mass is 611 g/mol. The van der Waals surface area contributed by atoms with Crippen LogP contribution in [0.3, 0.4) is 0 Å². The normalized spacial score (nSPS) is 11.6. The molecule has 0 spiro atoms. The van der Waals surface area contributed by atoms with Crippen molar-refractivity contribution in [3.05, 3.63) is 114 Å². The van der Waals surface area contributed by atoms with E-state index in [9.17, 15) is 14.4 Å². The van der Waals surface area contributed by atoms with Gasteiger partial charge in [-0.1, -0.05) is 36.4 Å². The summed E-state index contributed by atoms with van der Waals surface area (Å²) in [6.07, 6.45) is 1.53. The van der Waals surface area contributed by atoms with Crippen LogP contribution in [0.5, 0.6) is 17.2 Å². The van der Waals surface area contributed by atoms with Crippen LogP contribution in [0.25, 0.3) is 6.08 Å². The second kappa shape index (κ2) is 15.3. The molecule has 0 fully saturated rings. The predicted molar refractivity (Wildman–Crippen MR) is 173 cm³/mol. The Bertz CT molecular complexity index is 1600. The molecular weight excluding hydrogens is 578 g/mol. The minimum atomic E-state index is -0.543. The predicted octanol–water partition coefficient (Wildman–Crippen LogP) is 6.24. The molecule has 1 atom stereocenters. The fourth-order valence-electron chi connectivity index (χ4n) is 4.13. The van der Waals surface area contributed by atoms with E-state index in [0.717, 1.165) is 10.6 Å². The summed E-state index contributed by atoms with van der Waals surface area (Å²) < 4.78 is 16.3. The topological polar surface area (TPSA) is 115 Å². The maximum Gasteiger partial charge on any atom is 0.272 e. The number of carbonyl (C=O) groups excluding carboxylic acids is 3. The molecular formula is C34H33N3O6S. The highest BCUT2D eigenvalue weighted by Gasteiger charge is 2.19. The van der Waals surface area contributed by atoms with Crippen molar-refractivity contribution in [2.45, 2.75) is 17.1 Å². The molecule has 3 N–H and O–H groups in total. The first-order valence-corrected chi connectivity index (χ1v) is 14.5. The number of rotatable bonds is 12. The number of thioether (sulfide) groups is 1. The Balaban J connectivity index is 1.52. The number of hydrogen-bond acceptors (Lipinski definition) is 7. The Morgan fingerprint density at radius 2 is 1.30 bits per heavy atom. The van der Waals surface area contributed by atoms with E-state index in [1.54, 1.807) is 54.6 Å². The molecule has 0 aliphatic rings. The van der Waals surface area contributed by atoms with Gasteiger partial charge >= 0.3 is 0 Å². The lowest BCUT2D eigenvalue weighted by Gasteiger charge is -2.15.